The molecule has 23 heavy (non-hydrogen) atoms. The second-order valence-corrected chi connectivity index (χ2v) is 7.31. The summed E-state index contributed by atoms with van der Waals surface area (Å²) in [7, 11) is 1.79. The zero-order valence-corrected chi connectivity index (χ0v) is 14.4. The number of aryl methyl sites for hydroxylation is 1. The Morgan fingerprint density at radius 3 is 2.57 bits per heavy atom. The van der Waals surface area contributed by atoms with Crippen LogP contribution in [0.4, 0.5) is 0 Å². The Kier molecular flexibility index (Phi) is 3.76. The van der Waals surface area contributed by atoms with E-state index in [4.69, 9.17) is 11.6 Å². The monoisotopic (exact) mass is 330 g/mol. The van der Waals surface area contributed by atoms with Crippen LogP contribution in [0.15, 0.2) is 35.4 Å². The molecular formula is C17H19ClN4O. The van der Waals surface area contributed by atoms with Crippen LogP contribution in [0, 0.1) is 5.41 Å². The molecule has 0 amide bonds. The molecule has 0 fully saturated rings. The molecule has 0 saturated carbocycles. The first-order valence-corrected chi connectivity index (χ1v) is 7.81. The molecule has 0 bridgehead atoms. The summed E-state index contributed by atoms with van der Waals surface area (Å²) in [4.78, 5) is 20.9. The molecule has 0 N–H and O–H groups in total. The van der Waals surface area contributed by atoms with Crippen molar-refractivity contribution >= 4 is 22.6 Å². The van der Waals surface area contributed by atoms with Crippen LogP contribution in [0.2, 0.25) is 5.15 Å². The molecule has 0 aliphatic rings. The summed E-state index contributed by atoms with van der Waals surface area (Å²) < 4.78 is 3.49. The van der Waals surface area contributed by atoms with E-state index in [0.29, 0.717) is 17.4 Å². The number of hydrogen-bond acceptors (Lipinski definition) is 3. The summed E-state index contributed by atoms with van der Waals surface area (Å²) >= 11 is 5.91. The van der Waals surface area contributed by atoms with Crippen LogP contribution in [0.1, 0.15) is 20.8 Å². The maximum absolute atomic E-state index is 12.5. The first-order chi connectivity index (χ1) is 10.8. The lowest BCUT2D eigenvalue weighted by atomic mass is 9.97. The fourth-order valence-corrected chi connectivity index (χ4v) is 2.82. The van der Waals surface area contributed by atoms with Crippen LogP contribution in [-0.2, 0) is 13.6 Å². The van der Waals surface area contributed by atoms with E-state index in [1.165, 1.54) is 6.20 Å². The molecule has 0 radical (unpaired) electrons. The van der Waals surface area contributed by atoms with E-state index in [9.17, 15) is 4.79 Å². The minimum absolute atomic E-state index is 0.00995. The Morgan fingerprint density at radius 2 is 1.91 bits per heavy atom. The summed E-state index contributed by atoms with van der Waals surface area (Å²) in [5.41, 5.74) is 3.38. The Labute approximate surface area is 139 Å². The predicted octanol–water partition coefficient (Wildman–Crippen LogP) is 3.50. The highest BCUT2D eigenvalue weighted by atomic mass is 35.5. The highest BCUT2D eigenvalue weighted by molar-refractivity contribution is 6.29. The number of hydrogen-bond donors (Lipinski definition) is 0. The number of nitrogens with zero attached hydrogens (tertiary/aromatic N) is 4. The van der Waals surface area contributed by atoms with Gasteiger partial charge in [0.05, 0.1) is 29.1 Å². The summed E-state index contributed by atoms with van der Waals surface area (Å²) in [6, 6.07) is 5.86. The van der Waals surface area contributed by atoms with Gasteiger partial charge < -0.3 is 0 Å². The largest absolute Gasteiger partial charge is 0.328 e. The second kappa shape index (κ2) is 5.49. The standard InChI is InChI=1S/C17H19ClN4O/c1-17(2,3)10-22-13-6-5-11(7-14(13)21(4)16(22)23)12-8-19-9-15(18)20-12/h5-9H,10H2,1-4H3. The van der Waals surface area contributed by atoms with E-state index in [1.54, 1.807) is 17.8 Å². The van der Waals surface area contributed by atoms with Gasteiger partial charge in [-0.2, -0.15) is 0 Å². The predicted molar refractivity (Wildman–Crippen MR) is 92.7 cm³/mol. The van der Waals surface area contributed by atoms with Crippen LogP contribution in [0.5, 0.6) is 0 Å². The van der Waals surface area contributed by atoms with Gasteiger partial charge in [-0.1, -0.05) is 38.4 Å². The van der Waals surface area contributed by atoms with Gasteiger partial charge >= 0.3 is 5.69 Å². The molecule has 3 aromatic rings. The van der Waals surface area contributed by atoms with Gasteiger partial charge in [0.25, 0.3) is 0 Å². The molecule has 5 nitrogen and oxygen atoms in total. The van der Waals surface area contributed by atoms with Crippen LogP contribution >= 0.6 is 11.6 Å². The van der Waals surface area contributed by atoms with Crippen molar-refractivity contribution < 1.29 is 0 Å². The van der Waals surface area contributed by atoms with Crippen LogP contribution in [0.25, 0.3) is 22.3 Å². The third kappa shape index (κ3) is 3.01. The second-order valence-electron chi connectivity index (χ2n) is 6.92. The molecule has 120 valence electrons. The number of benzene rings is 1. The molecule has 0 atom stereocenters. The normalized spacial score (nSPS) is 12.0. The highest BCUT2D eigenvalue weighted by Crippen LogP contribution is 2.25. The Morgan fingerprint density at radius 1 is 1.17 bits per heavy atom. The molecule has 2 aromatic heterocycles. The Hall–Kier alpha value is -2.14. The Balaban J connectivity index is 2.18. The van der Waals surface area contributed by atoms with E-state index in [-0.39, 0.29) is 11.1 Å². The number of fused-ring (bicyclic) bond motifs is 1. The average Bonchev–Trinajstić information content (AvgIpc) is 2.71. The molecule has 0 aliphatic carbocycles. The van der Waals surface area contributed by atoms with E-state index >= 15 is 0 Å². The summed E-state index contributed by atoms with van der Waals surface area (Å²) in [5, 5.41) is 0.349. The number of aromatic nitrogens is 4. The average molecular weight is 331 g/mol. The molecule has 0 spiro atoms. The van der Waals surface area contributed by atoms with Crippen molar-refractivity contribution in [2.24, 2.45) is 12.5 Å². The van der Waals surface area contributed by atoms with Gasteiger partial charge in [-0.15, -0.1) is 0 Å². The summed E-state index contributed by atoms with van der Waals surface area (Å²) in [6.45, 7) is 7.02. The lowest BCUT2D eigenvalue weighted by molar-refractivity contribution is 0.342. The zero-order valence-electron chi connectivity index (χ0n) is 13.7. The van der Waals surface area contributed by atoms with Crippen molar-refractivity contribution in [2.75, 3.05) is 0 Å². The maximum Gasteiger partial charge on any atom is 0.328 e. The fourth-order valence-electron chi connectivity index (χ4n) is 2.68. The van der Waals surface area contributed by atoms with Gasteiger partial charge in [0.1, 0.15) is 5.15 Å². The van der Waals surface area contributed by atoms with Crippen LogP contribution in [0.3, 0.4) is 0 Å². The number of halogens is 1. The van der Waals surface area contributed by atoms with Gasteiger partial charge in [-0.05, 0) is 17.5 Å². The number of imidazole rings is 1. The third-order valence-corrected chi connectivity index (χ3v) is 3.86. The third-order valence-electron chi connectivity index (χ3n) is 3.68. The highest BCUT2D eigenvalue weighted by Gasteiger charge is 2.18. The quantitative estimate of drug-likeness (QED) is 0.722. The molecule has 1 aromatic carbocycles. The first-order valence-electron chi connectivity index (χ1n) is 7.43. The lowest BCUT2D eigenvalue weighted by Gasteiger charge is -2.18. The van der Waals surface area contributed by atoms with Gasteiger partial charge in [0.2, 0.25) is 0 Å². The Bertz CT molecular complexity index is 934. The van der Waals surface area contributed by atoms with Gasteiger partial charge in [-0.3, -0.25) is 14.1 Å². The molecule has 0 saturated heterocycles. The summed E-state index contributed by atoms with van der Waals surface area (Å²) in [6.07, 6.45) is 3.16. The molecule has 6 heteroatoms. The first kappa shape index (κ1) is 15.7. The van der Waals surface area contributed by atoms with E-state index in [2.05, 4.69) is 30.7 Å². The van der Waals surface area contributed by atoms with Crippen LogP contribution < -0.4 is 5.69 Å². The summed E-state index contributed by atoms with van der Waals surface area (Å²) in [5.74, 6) is 0. The maximum atomic E-state index is 12.5. The lowest BCUT2D eigenvalue weighted by Crippen LogP contribution is -2.27. The van der Waals surface area contributed by atoms with E-state index in [0.717, 1.165) is 16.6 Å². The molecule has 2 heterocycles. The van der Waals surface area contributed by atoms with Gasteiger partial charge in [0, 0.05) is 19.2 Å². The van der Waals surface area contributed by atoms with Crippen molar-refractivity contribution in [3.05, 3.63) is 46.2 Å². The molecule has 0 unspecified atom stereocenters. The van der Waals surface area contributed by atoms with E-state index < -0.39 is 0 Å². The van der Waals surface area contributed by atoms with Gasteiger partial charge in [-0.25, -0.2) is 9.78 Å². The molecular weight excluding hydrogens is 312 g/mol. The minimum Gasteiger partial charge on any atom is -0.295 e. The number of rotatable bonds is 2. The zero-order chi connectivity index (χ0) is 16.8. The van der Waals surface area contributed by atoms with Gasteiger partial charge in [0.15, 0.2) is 0 Å². The van der Waals surface area contributed by atoms with Crippen molar-refractivity contribution in [3.8, 4) is 11.3 Å². The van der Waals surface area contributed by atoms with E-state index in [1.807, 2.05) is 22.8 Å². The SMILES string of the molecule is Cn1c(=O)n(CC(C)(C)C)c2ccc(-c3cncc(Cl)n3)cc21. The fraction of sp³-hybridized carbons (Fsp3) is 0.353. The van der Waals surface area contributed by atoms with Crippen molar-refractivity contribution in [1.82, 2.24) is 19.1 Å². The smallest absolute Gasteiger partial charge is 0.295 e. The van der Waals surface area contributed by atoms with Crippen molar-refractivity contribution in [2.45, 2.75) is 27.3 Å². The van der Waals surface area contributed by atoms with Crippen molar-refractivity contribution in [3.63, 3.8) is 0 Å². The minimum atomic E-state index is -0.00995. The molecule has 3 rings (SSSR count). The van der Waals surface area contributed by atoms with Crippen LogP contribution in [-0.4, -0.2) is 19.1 Å². The molecule has 0 aliphatic heterocycles. The van der Waals surface area contributed by atoms with Crippen molar-refractivity contribution in [1.29, 1.82) is 0 Å². The topological polar surface area (TPSA) is 52.7 Å².